The maximum atomic E-state index is 12.7. The number of hydrogen-bond donors (Lipinski definition) is 1. The van der Waals surface area contributed by atoms with Crippen LogP contribution in [0.2, 0.25) is 0 Å². The first-order valence-electron chi connectivity index (χ1n) is 10.2. The lowest BCUT2D eigenvalue weighted by Gasteiger charge is -2.36. The second-order valence-electron chi connectivity index (χ2n) is 7.29. The fourth-order valence-corrected chi connectivity index (χ4v) is 3.70. The van der Waals surface area contributed by atoms with E-state index >= 15 is 0 Å². The van der Waals surface area contributed by atoms with Gasteiger partial charge in [-0.25, -0.2) is 4.99 Å². The molecule has 3 rings (SSSR count). The fourth-order valence-electron chi connectivity index (χ4n) is 3.70. The zero-order valence-corrected chi connectivity index (χ0v) is 19.6. The van der Waals surface area contributed by atoms with E-state index in [1.54, 1.807) is 12.1 Å². The Morgan fingerprint density at radius 3 is 2.37 bits per heavy atom. The van der Waals surface area contributed by atoms with Gasteiger partial charge in [-0.1, -0.05) is 12.1 Å². The molecule has 1 aromatic rings. The van der Waals surface area contributed by atoms with E-state index in [0.29, 0.717) is 32.8 Å². The Morgan fingerprint density at radius 1 is 1.17 bits per heavy atom. The molecule has 0 aromatic heterocycles. The third-order valence-corrected chi connectivity index (χ3v) is 5.36. The number of benzene rings is 1. The molecule has 0 bridgehead atoms. The minimum atomic E-state index is -0.403. The number of nitrogens with zero attached hydrogens (tertiary/aromatic N) is 4. The lowest BCUT2D eigenvalue weighted by molar-refractivity contribution is -0.384. The van der Waals surface area contributed by atoms with E-state index in [-0.39, 0.29) is 41.5 Å². The summed E-state index contributed by atoms with van der Waals surface area (Å²) in [6.07, 6.45) is 1.64. The molecule has 10 heteroatoms. The van der Waals surface area contributed by atoms with Gasteiger partial charge in [0.25, 0.3) is 5.69 Å². The van der Waals surface area contributed by atoms with E-state index < -0.39 is 4.92 Å². The summed E-state index contributed by atoms with van der Waals surface area (Å²) in [6, 6.07) is 6.47. The molecule has 1 aromatic carbocycles. The van der Waals surface area contributed by atoms with Gasteiger partial charge >= 0.3 is 0 Å². The topological polar surface area (TPSA) is 100 Å². The highest BCUT2D eigenvalue weighted by Crippen LogP contribution is 2.21. The van der Waals surface area contributed by atoms with Gasteiger partial charge in [0.05, 0.1) is 24.7 Å². The van der Waals surface area contributed by atoms with Gasteiger partial charge in [-0.3, -0.25) is 14.9 Å². The normalized spacial score (nSPS) is 18.0. The second kappa shape index (κ2) is 12.0. The molecule has 166 valence electrons. The highest BCUT2D eigenvalue weighted by Gasteiger charge is 2.30. The van der Waals surface area contributed by atoms with Crippen LogP contribution in [0.4, 0.5) is 5.69 Å². The maximum Gasteiger partial charge on any atom is 0.269 e. The predicted molar refractivity (Wildman–Crippen MR) is 125 cm³/mol. The van der Waals surface area contributed by atoms with Crippen molar-refractivity contribution in [3.05, 3.63) is 39.9 Å². The highest BCUT2D eigenvalue weighted by molar-refractivity contribution is 14.0. The van der Waals surface area contributed by atoms with Crippen LogP contribution < -0.4 is 5.32 Å². The van der Waals surface area contributed by atoms with Gasteiger partial charge in [0, 0.05) is 50.8 Å². The second-order valence-corrected chi connectivity index (χ2v) is 7.29. The molecule has 2 saturated heterocycles. The number of nitro benzene ring substituents is 1. The van der Waals surface area contributed by atoms with Gasteiger partial charge in [0.2, 0.25) is 5.91 Å². The summed E-state index contributed by atoms with van der Waals surface area (Å²) in [5.41, 5.74) is 1.00. The van der Waals surface area contributed by atoms with Crippen molar-refractivity contribution in [3.63, 3.8) is 0 Å². The van der Waals surface area contributed by atoms with Gasteiger partial charge in [-0.2, -0.15) is 0 Å². The number of guanidine groups is 1. The Kier molecular flexibility index (Phi) is 9.76. The van der Waals surface area contributed by atoms with Gasteiger partial charge in [0.1, 0.15) is 0 Å². The van der Waals surface area contributed by atoms with Crippen LogP contribution in [0.5, 0.6) is 0 Å². The lowest BCUT2D eigenvalue weighted by atomic mass is 9.95. The quantitative estimate of drug-likeness (QED) is 0.206. The van der Waals surface area contributed by atoms with Crippen LogP contribution in [0.1, 0.15) is 25.3 Å². The third-order valence-electron chi connectivity index (χ3n) is 5.36. The van der Waals surface area contributed by atoms with Crippen molar-refractivity contribution in [2.75, 3.05) is 45.9 Å². The Bertz CT molecular complexity index is 729. The van der Waals surface area contributed by atoms with E-state index in [1.807, 2.05) is 11.8 Å². The van der Waals surface area contributed by atoms with E-state index in [1.165, 1.54) is 12.1 Å². The summed E-state index contributed by atoms with van der Waals surface area (Å²) in [6.45, 7) is 7.44. The standard InChI is InChI=1S/C20H29N5O4.HI/c1-2-21-20(22-15-16-3-5-18(6-4-16)25(27)28)24-9-7-17(8-10-24)19(26)23-11-13-29-14-12-23;/h3-6,17H,2,7-15H2,1H3,(H,21,22);1H. The Morgan fingerprint density at radius 2 is 1.80 bits per heavy atom. The first-order valence-corrected chi connectivity index (χ1v) is 10.2. The number of non-ortho nitro benzene ring substituents is 1. The van der Waals surface area contributed by atoms with E-state index in [4.69, 9.17) is 9.73 Å². The molecule has 2 heterocycles. The van der Waals surface area contributed by atoms with Crippen molar-refractivity contribution >= 4 is 41.5 Å². The summed E-state index contributed by atoms with van der Waals surface area (Å²) in [7, 11) is 0. The van der Waals surface area contributed by atoms with Gasteiger partial charge in [-0.15, -0.1) is 24.0 Å². The van der Waals surface area contributed by atoms with E-state index in [2.05, 4.69) is 10.2 Å². The summed E-state index contributed by atoms with van der Waals surface area (Å²) >= 11 is 0. The molecule has 1 amide bonds. The van der Waals surface area contributed by atoms with E-state index in [0.717, 1.165) is 44.0 Å². The molecule has 30 heavy (non-hydrogen) atoms. The molecule has 2 aliphatic rings. The zero-order chi connectivity index (χ0) is 20.6. The van der Waals surface area contributed by atoms with Crippen molar-refractivity contribution in [2.45, 2.75) is 26.3 Å². The zero-order valence-electron chi connectivity index (χ0n) is 17.3. The van der Waals surface area contributed by atoms with Gasteiger partial charge < -0.3 is 19.9 Å². The minimum Gasteiger partial charge on any atom is -0.378 e. The molecule has 0 saturated carbocycles. The smallest absolute Gasteiger partial charge is 0.269 e. The summed E-state index contributed by atoms with van der Waals surface area (Å²) < 4.78 is 5.33. The molecule has 2 aliphatic heterocycles. The Hall–Kier alpha value is -1.95. The van der Waals surface area contributed by atoms with Crippen molar-refractivity contribution in [2.24, 2.45) is 10.9 Å². The number of rotatable bonds is 5. The molecule has 0 unspecified atom stereocenters. The van der Waals surface area contributed by atoms with Crippen molar-refractivity contribution in [3.8, 4) is 0 Å². The third kappa shape index (κ3) is 6.53. The number of hydrogen-bond acceptors (Lipinski definition) is 5. The monoisotopic (exact) mass is 531 g/mol. The molecule has 0 aliphatic carbocycles. The number of halogens is 1. The maximum absolute atomic E-state index is 12.7. The number of ether oxygens (including phenoxy) is 1. The van der Waals surface area contributed by atoms with Gasteiger partial charge in [0.15, 0.2) is 5.96 Å². The summed E-state index contributed by atoms with van der Waals surface area (Å²) in [5.74, 6) is 1.14. The number of carbonyl (C=O) groups excluding carboxylic acids is 1. The summed E-state index contributed by atoms with van der Waals surface area (Å²) in [5, 5.41) is 14.1. The number of carbonyl (C=O) groups is 1. The van der Waals surface area contributed by atoms with Crippen LogP contribution in [0, 0.1) is 16.0 Å². The molecule has 0 spiro atoms. The number of likely N-dealkylation sites (tertiary alicyclic amines) is 1. The lowest BCUT2D eigenvalue weighted by Crippen LogP contribution is -2.50. The van der Waals surface area contributed by atoms with Crippen LogP contribution >= 0.6 is 24.0 Å². The molecule has 0 atom stereocenters. The van der Waals surface area contributed by atoms with E-state index in [9.17, 15) is 14.9 Å². The SMILES string of the molecule is CCNC(=NCc1ccc([N+](=O)[O-])cc1)N1CCC(C(=O)N2CCOCC2)CC1.I. The molecule has 0 radical (unpaired) electrons. The first-order chi connectivity index (χ1) is 14.1. The fraction of sp³-hybridized carbons (Fsp3) is 0.600. The predicted octanol–water partition coefficient (Wildman–Crippen LogP) is 2.25. The molecule has 1 N–H and O–H groups in total. The minimum absolute atomic E-state index is 0. The largest absolute Gasteiger partial charge is 0.378 e. The average molecular weight is 531 g/mol. The number of nitrogens with one attached hydrogen (secondary N) is 1. The van der Waals surface area contributed by atoms with Crippen molar-refractivity contribution in [1.29, 1.82) is 0 Å². The number of nitro groups is 1. The number of amides is 1. The Labute approximate surface area is 194 Å². The van der Waals surface area contributed by atoms with Crippen LogP contribution in [-0.2, 0) is 16.1 Å². The molecule has 9 nitrogen and oxygen atoms in total. The average Bonchev–Trinajstić information content (AvgIpc) is 2.77. The van der Waals surface area contributed by atoms with Gasteiger partial charge in [-0.05, 0) is 25.3 Å². The number of aliphatic imine (C=N–C) groups is 1. The van der Waals surface area contributed by atoms with Crippen molar-refractivity contribution < 1.29 is 14.5 Å². The first kappa shape index (κ1) is 24.3. The van der Waals surface area contributed by atoms with Crippen LogP contribution in [0.3, 0.4) is 0 Å². The van der Waals surface area contributed by atoms with Crippen molar-refractivity contribution in [1.82, 2.24) is 15.1 Å². The van der Waals surface area contributed by atoms with Crippen LogP contribution in [-0.4, -0.2) is 72.5 Å². The molecular weight excluding hydrogens is 501 g/mol. The number of piperidine rings is 1. The number of morpholine rings is 1. The van der Waals surface area contributed by atoms with Crippen LogP contribution in [0.15, 0.2) is 29.3 Å². The molecule has 2 fully saturated rings. The molecular formula is C20H30IN5O4. The Balaban J connectivity index is 0.00000320. The highest BCUT2D eigenvalue weighted by atomic mass is 127. The summed E-state index contributed by atoms with van der Waals surface area (Å²) in [4.78, 5) is 31.9. The van der Waals surface area contributed by atoms with Crippen LogP contribution in [0.25, 0.3) is 0 Å².